The molecule has 2 amide bonds. The van der Waals surface area contributed by atoms with Gasteiger partial charge in [-0.2, -0.15) is 8.78 Å². The molecular formula is C17H16ClF2N5O2. The zero-order valence-corrected chi connectivity index (χ0v) is 14.8. The molecule has 10 heteroatoms. The molecule has 0 unspecified atom stereocenters. The Hall–Kier alpha value is -2.65. The molecule has 0 atom stereocenters. The molecule has 1 saturated carbocycles. The number of carbonyl (C=O) groups excluding carboxylic acids is 2. The summed E-state index contributed by atoms with van der Waals surface area (Å²) in [6.07, 6.45) is 1.66. The highest BCUT2D eigenvalue weighted by atomic mass is 35.5. The van der Waals surface area contributed by atoms with Crippen LogP contribution in [0.25, 0.3) is 0 Å². The summed E-state index contributed by atoms with van der Waals surface area (Å²) in [5.41, 5.74) is 0.533. The summed E-state index contributed by atoms with van der Waals surface area (Å²) in [5.74, 6) is 2.49. The van der Waals surface area contributed by atoms with E-state index in [1.165, 1.54) is 0 Å². The van der Waals surface area contributed by atoms with Gasteiger partial charge in [0.05, 0.1) is 11.1 Å². The number of aromatic nitrogens is 2. The van der Waals surface area contributed by atoms with E-state index in [2.05, 4.69) is 15.3 Å². The molecule has 0 aliphatic heterocycles. The van der Waals surface area contributed by atoms with Crippen molar-refractivity contribution in [1.82, 2.24) is 15.0 Å². The number of carbonyl (C=O) groups is 2. The van der Waals surface area contributed by atoms with Gasteiger partial charge in [0.1, 0.15) is 0 Å². The molecule has 0 saturated heterocycles. The molecule has 27 heavy (non-hydrogen) atoms. The van der Waals surface area contributed by atoms with Crippen molar-refractivity contribution in [2.24, 2.45) is 5.84 Å². The number of nitrogens with zero attached hydrogens (tertiary/aromatic N) is 3. The summed E-state index contributed by atoms with van der Waals surface area (Å²) in [6, 6.07) is 7.46. The van der Waals surface area contributed by atoms with E-state index in [1.54, 1.807) is 12.1 Å². The molecule has 1 aliphatic carbocycles. The molecule has 7 nitrogen and oxygen atoms in total. The quantitative estimate of drug-likeness (QED) is 0.458. The molecule has 1 fully saturated rings. The van der Waals surface area contributed by atoms with Crippen LogP contribution in [-0.4, -0.2) is 33.2 Å². The number of rotatable bonds is 5. The smallest absolute Gasteiger partial charge is 0.317 e. The van der Waals surface area contributed by atoms with Gasteiger partial charge >= 0.3 is 12.3 Å². The molecule has 1 aliphatic rings. The van der Waals surface area contributed by atoms with Crippen molar-refractivity contribution in [2.75, 3.05) is 5.32 Å². The maximum absolute atomic E-state index is 12.4. The first-order chi connectivity index (χ1) is 12.8. The number of anilines is 1. The molecule has 2 aromatic rings. The Bertz CT molecular complexity index is 841. The Balaban J connectivity index is 1.74. The van der Waals surface area contributed by atoms with Gasteiger partial charge in [-0.05, 0) is 37.0 Å². The average Bonchev–Trinajstić information content (AvgIpc) is 2.64. The van der Waals surface area contributed by atoms with Crippen molar-refractivity contribution in [3.8, 4) is 0 Å². The molecule has 1 aromatic carbocycles. The molecule has 1 heterocycles. The van der Waals surface area contributed by atoms with Gasteiger partial charge in [-0.3, -0.25) is 9.59 Å². The Morgan fingerprint density at radius 2 is 1.78 bits per heavy atom. The highest BCUT2D eigenvalue weighted by molar-refractivity contribution is 6.30. The van der Waals surface area contributed by atoms with Crippen molar-refractivity contribution >= 4 is 29.4 Å². The van der Waals surface area contributed by atoms with E-state index in [-0.39, 0.29) is 22.1 Å². The van der Waals surface area contributed by atoms with Crippen LogP contribution in [0, 0.1) is 0 Å². The van der Waals surface area contributed by atoms with Crippen LogP contribution in [0.15, 0.2) is 36.7 Å². The molecular weight excluding hydrogens is 380 g/mol. The minimum atomic E-state index is -3.38. The maximum atomic E-state index is 12.4. The lowest BCUT2D eigenvalue weighted by Crippen LogP contribution is -2.45. The van der Waals surface area contributed by atoms with Crippen molar-refractivity contribution in [2.45, 2.75) is 31.2 Å². The van der Waals surface area contributed by atoms with Gasteiger partial charge < -0.3 is 5.32 Å². The Morgan fingerprint density at radius 1 is 1.19 bits per heavy atom. The van der Waals surface area contributed by atoms with Crippen molar-refractivity contribution < 1.29 is 18.4 Å². The fraction of sp³-hybridized carbons (Fsp3) is 0.294. The largest absolute Gasteiger partial charge is 0.345 e. The third-order valence-electron chi connectivity index (χ3n) is 4.50. The number of imide groups is 1. The van der Waals surface area contributed by atoms with Gasteiger partial charge in [-0.1, -0.05) is 23.7 Å². The first-order valence-electron chi connectivity index (χ1n) is 8.10. The Morgan fingerprint density at radius 3 is 2.26 bits per heavy atom. The lowest BCUT2D eigenvalue weighted by atomic mass is 9.72. The number of amides is 2. The van der Waals surface area contributed by atoms with Crippen LogP contribution in [0.5, 0.6) is 0 Å². The van der Waals surface area contributed by atoms with Gasteiger partial charge in [-0.25, -0.2) is 20.8 Å². The second kappa shape index (κ2) is 7.53. The summed E-state index contributed by atoms with van der Waals surface area (Å²) in [7, 11) is 0. The predicted octanol–water partition coefficient (Wildman–Crippen LogP) is 2.73. The topological polar surface area (TPSA) is 101 Å². The van der Waals surface area contributed by atoms with E-state index in [0.717, 1.165) is 37.2 Å². The van der Waals surface area contributed by atoms with E-state index in [9.17, 15) is 18.4 Å². The zero-order valence-electron chi connectivity index (χ0n) is 14.0. The number of benzene rings is 1. The standard InChI is InChI=1S/C17H16ClF2N5O2/c18-12-4-2-11(3-5-12)17(6-1-7-17)24-16-22-8-10(9-23-16)14(26)25(21)15(27)13(19)20/h2-5,8-9,13H,1,6-7,21H2,(H,22,23,24). The van der Waals surface area contributed by atoms with Crippen LogP contribution in [0.4, 0.5) is 14.7 Å². The summed E-state index contributed by atoms with van der Waals surface area (Å²) < 4.78 is 24.7. The molecule has 0 radical (unpaired) electrons. The minimum Gasteiger partial charge on any atom is -0.345 e. The fourth-order valence-electron chi connectivity index (χ4n) is 2.85. The number of nitrogens with two attached hydrogens (primary N) is 1. The van der Waals surface area contributed by atoms with Crippen LogP contribution < -0.4 is 11.2 Å². The average molecular weight is 396 g/mol. The maximum Gasteiger partial charge on any atom is 0.317 e. The molecule has 3 N–H and O–H groups in total. The van der Waals surface area contributed by atoms with Crippen LogP contribution >= 0.6 is 11.6 Å². The van der Waals surface area contributed by atoms with Crippen molar-refractivity contribution in [3.63, 3.8) is 0 Å². The first kappa shape index (κ1) is 19.1. The number of halogens is 3. The SMILES string of the molecule is NN(C(=O)c1cnc(NC2(c3ccc(Cl)cc3)CCC2)nc1)C(=O)C(F)F. The normalized spacial score (nSPS) is 15.1. The molecule has 0 spiro atoms. The summed E-state index contributed by atoms with van der Waals surface area (Å²) >= 11 is 5.94. The van der Waals surface area contributed by atoms with Gasteiger partial charge in [0, 0.05) is 17.4 Å². The molecule has 1 aromatic heterocycles. The lowest BCUT2D eigenvalue weighted by molar-refractivity contribution is -0.140. The third kappa shape index (κ3) is 3.88. The van der Waals surface area contributed by atoms with Gasteiger partial charge in [0.25, 0.3) is 5.91 Å². The summed E-state index contributed by atoms with van der Waals surface area (Å²) in [4.78, 5) is 31.1. The van der Waals surface area contributed by atoms with Crippen LogP contribution in [0.2, 0.25) is 5.02 Å². The van der Waals surface area contributed by atoms with E-state index in [4.69, 9.17) is 17.4 Å². The Kier molecular flexibility index (Phi) is 5.33. The lowest BCUT2D eigenvalue weighted by Gasteiger charge is -2.43. The van der Waals surface area contributed by atoms with E-state index < -0.39 is 18.2 Å². The van der Waals surface area contributed by atoms with E-state index in [1.807, 2.05) is 12.1 Å². The van der Waals surface area contributed by atoms with Crippen LogP contribution in [-0.2, 0) is 10.3 Å². The predicted molar refractivity (Wildman–Crippen MR) is 94.0 cm³/mol. The zero-order chi connectivity index (χ0) is 19.6. The summed E-state index contributed by atoms with van der Waals surface area (Å²) in [5, 5.41) is 3.75. The van der Waals surface area contributed by atoms with Gasteiger partial charge in [0.15, 0.2) is 0 Å². The van der Waals surface area contributed by atoms with Crippen LogP contribution in [0.3, 0.4) is 0 Å². The highest BCUT2D eigenvalue weighted by Gasteiger charge is 2.39. The number of hydrogen-bond acceptors (Lipinski definition) is 6. The van der Waals surface area contributed by atoms with Gasteiger partial charge in [0.2, 0.25) is 5.95 Å². The number of hydrazine groups is 1. The molecule has 0 bridgehead atoms. The second-order valence-corrected chi connectivity index (χ2v) is 6.61. The monoisotopic (exact) mass is 395 g/mol. The van der Waals surface area contributed by atoms with Gasteiger partial charge in [-0.15, -0.1) is 0 Å². The van der Waals surface area contributed by atoms with Crippen molar-refractivity contribution in [1.29, 1.82) is 0 Å². The molecule has 3 rings (SSSR count). The number of hydrogen-bond donors (Lipinski definition) is 2. The Labute approximate surface area is 158 Å². The fourth-order valence-corrected chi connectivity index (χ4v) is 2.97. The molecule has 142 valence electrons. The number of nitrogens with one attached hydrogen (secondary N) is 1. The number of alkyl halides is 2. The third-order valence-corrected chi connectivity index (χ3v) is 4.75. The minimum absolute atomic E-state index is 0.141. The summed E-state index contributed by atoms with van der Waals surface area (Å²) in [6.45, 7) is 0. The second-order valence-electron chi connectivity index (χ2n) is 6.18. The van der Waals surface area contributed by atoms with Crippen molar-refractivity contribution in [3.05, 3.63) is 52.8 Å². The highest BCUT2D eigenvalue weighted by Crippen LogP contribution is 2.43. The first-order valence-corrected chi connectivity index (χ1v) is 8.48. The van der Waals surface area contributed by atoms with E-state index >= 15 is 0 Å². The van der Waals surface area contributed by atoms with E-state index in [0.29, 0.717) is 5.02 Å². The van der Waals surface area contributed by atoms with Crippen LogP contribution in [0.1, 0.15) is 35.2 Å².